The lowest BCUT2D eigenvalue weighted by molar-refractivity contribution is 0.416. The molecular weight excluding hydrogens is 348 g/mol. The third-order valence-corrected chi connectivity index (χ3v) is 4.64. The van der Waals surface area contributed by atoms with Crippen LogP contribution in [0.15, 0.2) is 42.5 Å². The number of halogens is 3. The predicted molar refractivity (Wildman–Crippen MR) is 91.4 cm³/mol. The molecule has 0 amide bonds. The van der Waals surface area contributed by atoms with Gasteiger partial charge in [-0.2, -0.15) is 4.98 Å². The van der Waals surface area contributed by atoms with Crippen LogP contribution in [0.3, 0.4) is 0 Å². The van der Waals surface area contributed by atoms with Crippen molar-refractivity contribution in [1.82, 2.24) is 14.8 Å². The highest BCUT2D eigenvalue weighted by Gasteiger charge is 2.33. The number of nitrogen functional groups attached to an aromatic ring is 1. The number of nitrogens with zero attached hydrogens (tertiary/aromatic N) is 3. The zero-order chi connectivity index (χ0) is 17.6. The minimum atomic E-state index is -0.482. The monoisotopic (exact) mass is 361 g/mol. The molecule has 1 aromatic heterocycles. The number of anilines is 2. The van der Waals surface area contributed by atoms with Crippen molar-refractivity contribution in [3.63, 3.8) is 0 Å². The van der Waals surface area contributed by atoms with E-state index in [2.05, 4.69) is 15.4 Å². The van der Waals surface area contributed by atoms with Crippen LogP contribution in [0.25, 0.3) is 0 Å². The number of benzene rings is 2. The Morgan fingerprint density at radius 1 is 1.16 bits per heavy atom. The van der Waals surface area contributed by atoms with Gasteiger partial charge in [-0.15, -0.1) is 5.10 Å². The largest absolute Gasteiger partial charge is 0.366 e. The summed E-state index contributed by atoms with van der Waals surface area (Å²) < 4.78 is 29.2. The lowest BCUT2D eigenvalue weighted by Gasteiger charge is -2.32. The Morgan fingerprint density at radius 2 is 1.92 bits per heavy atom. The molecule has 25 heavy (non-hydrogen) atoms. The van der Waals surface area contributed by atoms with Crippen LogP contribution in [0.5, 0.6) is 0 Å². The molecular formula is C17H14ClF2N5. The smallest absolute Gasteiger partial charge is 0.241 e. The van der Waals surface area contributed by atoms with Crippen molar-refractivity contribution in [3.05, 3.63) is 70.2 Å². The third-order valence-electron chi connectivity index (χ3n) is 4.31. The molecule has 3 N–H and O–H groups in total. The van der Waals surface area contributed by atoms with E-state index in [1.165, 1.54) is 18.2 Å². The standard InChI is InChI=1S/C17H14ClF2N5/c18-11-2-1-3-12(20)15(11)14-8-13(9-4-6-10(19)7-5-9)22-17-23-16(21)24-25(14)17/h1-7,13-14H,8H2,(H3,21,22,23,24)/t13-,14+/m0/s1. The average Bonchev–Trinajstić information content (AvgIpc) is 2.95. The highest BCUT2D eigenvalue weighted by Crippen LogP contribution is 2.41. The molecule has 0 fully saturated rings. The van der Waals surface area contributed by atoms with Crippen LogP contribution in [0.2, 0.25) is 5.02 Å². The molecule has 4 rings (SSSR count). The van der Waals surface area contributed by atoms with E-state index in [1.54, 1.807) is 28.9 Å². The number of hydrogen-bond acceptors (Lipinski definition) is 4. The van der Waals surface area contributed by atoms with Gasteiger partial charge in [-0.05, 0) is 36.2 Å². The Labute approximate surface area is 147 Å². The minimum Gasteiger partial charge on any atom is -0.366 e. The Morgan fingerprint density at radius 3 is 2.64 bits per heavy atom. The summed E-state index contributed by atoms with van der Waals surface area (Å²) in [5.41, 5.74) is 6.91. The second kappa shape index (κ2) is 6.00. The summed E-state index contributed by atoms with van der Waals surface area (Å²) in [7, 11) is 0. The zero-order valence-electron chi connectivity index (χ0n) is 13.0. The molecule has 5 nitrogen and oxygen atoms in total. The van der Waals surface area contributed by atoms with Crippen molar-refractivity contribution in [1.29, 1.82) is 0 Å². The van der Waals surface area contributed by atoms with Crippen LogP contribution in [0, 0.1) is 11.6 Å². The second-order valence-electron chi connectivity index (χ2n) is 5.87. The summed E-state index contributed by atoms with van der Waals surface area (Å²) in [6.07, 6.45) is 0.460. The summed E-state index contributed by atoms with van der Waals surface area (Å²) >= 11 is 6.25. The first-order chi connectivity index (χ1) is 12.0. The molecule has 8 heteroatoms. The number of nitrogens with two attached hydrogens (primary N) is 1. The molecule has 0 aliphatic carbocycles. The summed E-state index contributed by atoms with van der Waals surface area (Å²) in [6, 6.07) is 9.99. The number of rotatable bonds is 2. The topological polar surface area (TPSA) is 68.8 Å². The van der Waals surface area contributed by atoms with E-state index < -0.39 is 11.9 Å². The van der Waals surface area contributed by atoms with Gasteiger partial charge in [-0.3, -0.25) is 0 Å². The third kappa shape index (κ3) is 2.80. The Bertz CT molecular complexity index is 905. The SMILES string of the molecule is Nc1nc2n(n1)[C@@H](c1c(F)cccc1Cl)C[C@@H](c1ccc(F)cc1)N2. The van der Waals surface area contributed by atoms with Crippen LogP contribution in [-0.4, -0.2) is 14.8 Å². The molecule has 3 aromatic rings. The van der Waals surface area contributed by atoms with Crippen LogP contribution < -0.4 is 11.1 Å². The van der Waals surface area contributed by atoms with Gasteiger partial charge < -0.3 is 11.1 Å². The van der Waals surface area contributed by atoms with E-state index in [0.717, 1.165) is 5.56 Å². The van der Waals surface area contributed by atoms with Gasteiger partial charge in [0.15, 0.2) is 0 Å². The quantitative estimate of drug-likeness (QED) is 0.725. The van der Waals surface area contributed by atoms with Gasteiger partial charge >= 0.3 is 0 Å². The van der Waals surface area contributed by atoms with Gasteiger partial charge in [0.25, 0.3) is 0 Å². The molecule has 1 aliphatic heterocycles. The lowest BCUT2D eigenvalue weighted by Crippen LogP contribution is -2.28. The van der Waals surface area contributed by atoms with Crippen LogP contribution in [0.1, 0.15) is 29.6 Å². The molecule has 128 valence electrons. The van der Waals surface area contributed by atoms with Crippen LogP contribution in [0.4, 0.5) is 20.7 Å². The first-order valence-electron chi connectivity index (χ1n) is 7.71. The normalized spacial score (nSPS) is 19.3. The van der Waals surface area contributed by atoms with Crippen molar-refractivity contribution in [2.24, 2.45) is 0 Å². The Balaban J connectivity index is 1.81. The molecule has 2 atom stereocenters. The maximum absolute atomic E-state index is 14.5. The van der Waals surface area contributed by atoms with Crippen molar-refractivity contribution < 1.29 is 8.78 Å². The van der Waals surface area contributed by atoms with Crippen LogP contribution >= 0.6 is 11.6 Å². The second-order valence-corrected chi connectivity index (χ2v) is 6.28. The number of aromatic nitrogens is 3. The number of nitrogens with one attached hydrogen (secondary N) is 1. The molecule has 2 aromatic carbocycles. The highest BCUT2D eigenvalue weighted by molar-refractivity contribution is 6.31. The van der Waals surface area contributed by atoms with E-state index in [1.807, 2.05) is 0 Å². The number of fused-ring (bicyclic) bond motifs is 1. The van der Waals surface area contributed by atoms with E-state index in [4.69, 9.17) is 17.3 Å². The minimum absolute atomic E-state index is 0.0831. The molecule has 0 saturated carbocycles. The van der Waals surface area contributed by atoms with Crippen molar-refractivity contribution in [2.75, 3.05) is 11.1 Å². The van der Waals surface area contributed by atoms with E-state index >= 15 is 0 Å². The van der Waals surface area contributed by atoms with Gasteiger partial charge in [0.05, 0.1) is 12.1 Å². The highest BCUT2D eigenvalue weighted by atomic mass is 35.5. The predicted octanol–water partition coefficient (Wildman–Crippen LogP) is 3.94. The van der Waals surface area contributed by atoms with Crippen molar-refractivity contribution in [2.45, 2.75) is 18.5 Å². The summed E-state index contributed by atoms with van der Waals surface area (Å²) in [5, 5.41) is 7.69. The molecule has 0 bridgehead atoms. The molecule has 1 aliphatic rings. The first-order valence-corrected chi connectivity index (χ1v) is 8.08. The Hall–Kier alpha value is -2.67. The summed E-state index contributed by atoms with van der Waals surface area (Å²) in [6.45, 7) is 0. The van der Waals surface area contributed by atoms with Gasteiger partial charge in [0.2, 0.25) is 11.9 Å². The van der Waals surface area contributed by atoms with E-state index in [0.29, 0.717) is 23.0 Å². The lowest BCUT2D eigenvalue weighted by atomic mass is 9.93. The fourth-order valence-corrected chi connectivity index (χ4v) is 3.47. The van der Waals surface area contributed by atoms with Gasteiger partial charge in [-0.1, -0.05) is 29.8 Å². The fourth-order valence-electron chi connectivity index (χ4n) is 3.18. The van der Waals surface area contributed by atoms with Crippen LogP contribution in [-0.2, 0) is 0 Å². The maximum atomic E-state index is 14.5. The molecule has 0 saturated heterocycles. The van der Waals surface area contributed by atoms with E-state index in [-0.39, 0.29) is 17.8 Å². The first kappa shape index (κ1) is 15.8. The van der Waals surface area contributed by atoms with Gasteiger partial charge in [-0.25, -0.2) is 13.5 Å². The zero-order valence-corrected chi connectivity index (χ0v) is 13.7. The number of hydrogen-bond donors (Lipinski definition) is 2. The van der Waals surface area contributed by atoms with Crippen molar-refractivity contribution in [3.8, 4) is 0 Å². The molecule has 0 spiro atoms. The van der Waals surface area contributed by atoms with E-state index in [9.17, 15) is 8.78 Å². The Kier molecular flexibility index (Phi) is 3.80. The summed E-state index contributed by atoms with van der Waals surface area (Å²) in [4.78, 5) is 4.16. The van der Waals surface area contributed by atoms with Gasteiger partial charge in [0.1, 0.15) is 11.6 Å². The van der Waals surface area contributed by atoms with Gasteiger partial charge in [0, 0.05) is 10.6 Å². The molecule has 0 radical (unpaired) electrons. The fraction of sp³-hybridized carbons (Fsp3) is 0.176. The maximum Gasteiger partial charge on any atom is 0.241 e. The van der Waals surface area contributed by atoms with Crippen molar-refractivity contribution >= 4 is 23.5 Å². The molecule has 2 heterocycles. The molecule has 0 unspecified atom stereocenters. The average molecular weight is 362 g/mol. The summed E-state index contributed by atoms with van der Waals surface area (Å²) in [5.74, 6) is -0.236.